The fourth-order valence-electron chi connectivity index (χ4n) is 2.15. The molecule has 1 saturated heterocycles. The summed E-state index contributed by atoms with van der Waals surface area (Å²) >= 11 is 5.94. The molecule has 0 N–H and O–H groups in total. The first-order valence-corrected chi connectivity index (χ1v) is 5.73. The monoisotopic (exact) mass is 241 g/mol. The minimum Gasteiger partial charge on any atom is -0.345 e. The van der Waals surface area contributed by atoms with Crippen molar-refractivity contribution in [3.63, 3.8) is 0 Å². The van der Waals surface area contributed by atoms with E-state index >= 15 is 0 Å². The van der Waals surface area contributed by atoms with E-state index in [1.54, 1.807) is 11.0 Å². The van der Waals surface area contributed by atoms with Gasteiger partial charge in [-0.1, -0.05) is 23.7 Å². The lowest BCUT2D eigenvalue weighted by atomic mass is 9.89. The molecule has 1 aliphatic heterocycles. The van der Waals surface area contributed by atoms with Crippen molar-refractivity contribution in [1.82, 2.24) is 4.90 Å². The number of carbonyl (C=O) groups is 1. The molecule has 2 nitrogen and oxygen atoms in total. The molecular weight excluding hydrogens is 229 g/mol. The van der Waals surface area contributed by atoms with Crippen LogP contribution in [0.15, 0.2) is 18.2 Å². The number of carbonyl (C=O) groups excluding carboxylic acids is 1. The summed E-state index contributed by atoms with van der Waals surface area (Å²) in [6.45, 7) is 1.45. The molecule has 0 bridgehead atoms. The van der Waals surface area contributed by atoms with Crippen molar-refractivity contribution in [2.45, 2.75) is 18.8 Å². The van der Waals surface area contributed by atoms with Crippen molar-refractivity contribution >= 4 is 18.0 Å². The maximum absolute atomic E-state index is 13.3. The van der Waals surface area contributed by atoms with E-state index in [1.807, 2.05) is 6.07 Å². The van der Waals surface area contributed by atoms with Gasteiger partial charge in [-0.3, -0.25) is 4.79 Å². The second-order valence-corrected chi connectivity index (χ2v) is 4.44. The average Bonchev–Trinajstić information content (AvgIpc) is 2.33. The van der Waals surface area contributed by atoms with Crippen LogP contribution in [0.2, 0.25) is 5.02 Å². The summed E-state index contributed by atoms with van der Waals surface area (Å²) in [5.74, 6) is -0.101. The third-order valence-corrected chi connectivity index (χ3v) is 3.50. The lowest BCUT2D eigenvalue weighted by molar-refractivity contribution is -0.119. The molecule has 1 aromatic carbocycles. The molecule has 1 amide bonds. The molecule has 2 rings (SSSR count). The fourth-order valence-corrected chi connectivity index (χ4v) is 2.43. The summed E-state index contributed by atoms with van der Waals surface area (Å²) in [7, 11) is 0. The predicted octanol–water partition coefficient (Wildman–Crippen LogP) is 2.81. The van der Waals surface area contributed by atoms with Crippen LogP contribution < -0.4 is 0 Å². The molecule has 16 heavy (non-hydrogen) atoms. The standard InChI is InChI=1S/C12H13ClFNO/c13-12-10(2-1-3-11(12)14)9-4-6-15(8-16)7-5-9/h1-3,8-9H,4-7H2. The van der Waals surface area contributed by atoms with Crippen LogP contribution in [0.4, 0.5) is 4.39 Å². The highest BCUT2D eigenvalue weighted by atomic mass is 35.5. The molecule has 0 unspecified atom stereocenters. The van der Waals surface area contributed by atoms with Gasteiger partial charge in [0.2, 0.25) is 6.41 Å². The molecule has 4 heteroatoms. The molecule has 0 radical (unpaired) electrons. The van der Waals surface area contributed by atoms with Gasteiger partial charge in [0, 0.05) is 13.1 Å². The Morgan fingerprint density at radius 1 is 1.38 bits per heavy atom. The fraction of sp³-hybridized carbons (Fsp3) is 0.417. The van der Waals surface area contributed by atoms with Crippen molar-refractivity contribution in [3.8, 4) is 0 Å². The summed E-state index contributed by atoms with van der Waals surface area (Å²) in [6, 6.07) is 4.92. The van der Waals surface area contributed by atoms with Gasteiger partial charge >= 0.3 is 0 Å². The second-order valence-electron chi connectivity index (χ2n) is 4.06. The van der Waals surface area contributed by atoms with Crippen LogP contribution in [0.3, 0.4) is 0 Å². The Morgan fingerprint density at radius 2 is 2.06 bits per heavy atom. The molecule has 1 aliphatic rings. The predicted molar refractivity (Wildman–Crippen MR) is 61.0 cm³/mol. The first-order valence-electron chi connectivity index (χ1n) is 5.35. The molecule has 0 atom stereocenters. The first-order chi connectivity index (χ1) is 7.72. The van der Waals surface area contributed by atoms with E-state index in [-0.39, 0.29) is 16.8 Å². The van der Waals surface area contributed by atoms with E-state index in [0.717, 1.165) is 37.9 Å². The van der Waals surface area contributed by atoms with Crippen LogP contribution in [-0.4, -0.2) is 24.4 Å². The number of hydrogen-bond donors (Lipinski definition) is 0. The van der Waals surface area contributed by atoms with E-state index in [9.17, 15) is 9.18 Å². The van der Waals surface area contributed by atoms with Gasteiger partial charge in [0.15, 0.2) is 0 Å². The summed E-state index contributed by atoms with van der Waals surface area (Å²) in [5.41, 5.74) is 0.868. The highest BCUT2D eigenvalue weighted by Crippen LogP contribution is 2.33. The Labute approximate surface area is 99.0 Å². The minimum atomic E-state index is -0.364. The third-order valence-electron chi connectivity index (χ3n) is 3.10. The van der Waals surface area contributed by atoms with Crippen molar-refractivity contribution in [2.75, 3.05) is 13.1 Å². The Morgan fingerprint density at radius 3 is 2.69 bits per heavy atom. The summed E-state index contributed by atoms with van der Waals surface area (Å²) < 4.78 is 13.3. The minimum absolute atomic E-state index is 0.229. The molecular formula is C12H13ClFNO. The number of likely N-dealkylation sites (tertiary alicyclic amines) is 1. The molecule has 86 valence electrons. The quantitative estimate of drug-likeness (QED) is 0.729. The normalized spacial score (nSPS) is 17.5. The van der Waals surface area contributed by atoms with Gasteiger partial charge in [-0.05, 0) is 30.4 Å². The summed E-state index contributed by atoms with van der Waals surface area (Å²) in [4.78, 5) is 12.3. The van der Waals surface area contributed by atoms with Crippen molar-refractivity contribution in [2.24, 2.45) is 0 Å². The molecule has 1 fully saturated rings. The summed E-state index contributed by atoms with van der Waals surface area (Å²) in [5, 5.41) is 0.229. The van der Waals surface area contributed by atoms with Crippen LogP contribution in [0, 0.1) is 5.82 Å². The van der Waals surface area contributed by atoms with E-state index < -0.39 is 0 Å². The zero-order chi connectivity index (χ0) is 11.5. The van der Waals surface area contributed by atoms with Gasteiger partial charge in [-0.15, -0.1) is 0 Å². The smallest absolute Gasteiger partial charge is 0.209 e. The number of halogens is 2. The highest BCUT2D eigenvalue weighted by molar-refractivity contribution is 6.31. The van der Waals surface area contributed by atoms with Gasteiger partial charge < -0.3 is 4.90 Å². The van der Waals surface area contributed by atoms with Gasteiger partial charge in [-0.2, -0.15) is 0 Å². The topological polar surface area (TPSA) is 20.3 Å². The zero-order valence-corrected chi connectivity index (χ0v) is 9.58. The Hall–Kier alpha value is -1.09. The number of amides is 1. The molecule has 0 spiro atoms. The van der Waals surface area contributed by atoms with Crippen molar-refractivity contribution in [3.05, 3.63) is 34.6 Å². The van der Waals surface area contributed by atoms with Gasteiger partial charge in [0.05, 0.1) is 5.02 Å². The molecule has 0 aromatic heterocycles. The van der Waals surface area contributed by atoms with Gasteiger partial charge in [0.1, 0.15) is 5.82 Å². The Kier molecular flexibility index (Phi) is 3.44. The van der Waals surface area contributed by atoms with Crippen LogP contribution in [0.1, 0.15) is 24.3 Å². The van der Waals surface area contributed by atoms with E-state index in [1.165, 1.54) is 6.07 Å². The largest absolute Gasteiger partial charge is 0.345 e. The third kappa shape index (κ3) is 2.19. The Balaban J connectivity index is 2.14. The SMILES string of the molecule is O=CN1CCC(c2cccc(F)c2Cl)CC1. The number of rotatable bonds is 2. The first kappa shape index (κ1) is 11.4. The van der Waals surface area contributed by atoms with Crippen LogP contribution in [0.25, 0.3) is 0 Å². The van der Waals surface area contributed by atoms with Gasteiger partial charge in [0.25, 0.3) is 0 Å². The number of piperidine rings is 1. The lowest BCUT2D eigenvalue weighted by Crippen LogP contribution is -2.31. The summed E-state index contributed by atoms with van der Waals surface area (Å²) in [6.07, 6.45) is 2.56. The Bertz CT molecular complexity index is 389. The molecule has 1 aromatic rings. The van der Waals surface area contributed by atoms with E-state index in [0.29, 0.717) is 0 Å². The number of benzene rings is 1. The lowest BCUT2D eigenvalue weighted by Gasteiger charge is -2.29. The van der Waals surface area contributed by atoms with Crippen LogP contribution in [-0.2, 0) is 4.79 Å². The molecule has 1 heterocycles. The maximum atomic E-state index is 13.3. The van der Waals surface area contributed by atoms with E-state index in [4.69, 9.17) is 11.6 Å². The van der Waals surface area contributed by atoms with E-state index in [2.05, 4.69) is 0 Å². The van der Waals surface area contributed by atoms with Crippen molar-refractivity contribution < 1.29 is 9.18 Å². The second kappa shape index (κ2) is 4.83. The number of nitrogens with zero attached hydrogens (tertiary/aromatic N) is 1. The highest BCUT2D eigenvalue weighted by Gasteiger charge is 2.22. The van der Waals surface area contributed by atoms with Crippen molar-refractivity contribution in [1.29, 1.82) is 0 Å². The number of hydrogen-bond acceptors (Lipinski definition) is 1. The maximum Gasteiger partial charge on any atom is 0.209 e. The molecule has 0 saturated carbocycles. The van der Waals surface area contributed by atoms with Crippen LogP contribution >= 0.6 is 11.6 Å². The van der Waals surface area contributed by atoms with Crippen LogP contribution in [0.5, 0.6) is 0 Å². The average molecular weight is 242 g/mol. The van der Waals surface area contributed by atoms with Gasteiger partial charge in [-0.25, -0.2) is 4.39 Å². The zero-order valence-electron chi connectivity index (χ0n) is 8.83. The molecule has 0 aliphatic carbocycles.